The Morgan fingerprint density at radius 2 is 2.06 bits per heavy atom. The Morgan fingerprint density at radius 1 is 1.29 bits per heavy atom. The fraction of sp³-hybridized carbons (Fsp3) is 0.0769. The summed E-state index contributed by atoms with van der Waals surface area (Å²) in [5, 5.41) is 0.401. The molecule has 1 heterocycles. The SMILES string of the molecule is [CH2]Cc1c(F)cc(-c2ccc(Br)nc2)cc1Cl. The van der Waals surface area contributed by atoms with E-state index in [0.29, 0.717) is 22.6 Å². The van der Waals surface area contributed by atoms with Gasteiger partial charge >= 0.3 is 0 Å². The zero-order valence-corrected chi connectivity index (χ0v) is 11.2. The van der Waals surface area contributed by atoms with Gasteiger partial charge in [0.05, 0.1) is 0 Å². The van der Waals surface area contributed by atoms with Gasteiger partial charge in [-0.25, -0.2) is 9.37 Å². The van der Waals surface area contributed by atoms with Crippen LogP contribution in [0.3, 0.4) is 0 Å². The van der Waals surface area contributed by atoms with Crippen LogP contribution in [0.15, 0.2) is 35.1 Å². The molecule has 0 amide bonds. The molecular weight excluding hydrogens is 305 g/mol. The van der Waals surface area contributed by atoms with E-state index in [2.05, 4.69) is 27.8 Å². The van der Waals surface area contributed by atoms with Gasteiger partial charge in [-0.3, -0.25) is 0 Å². The van der Waals surface area contributed by atoms with E-state index < -0.39 is 0 Å². The van der Waals surface area contributed by atoms with E-state index in [0.717, 1.165) is 10.2 Å². The molecule has 17 heavy (non-hydrogen) atoms. The van der Waals surface area contributed by atoms with Gasteiger partial charge in [-0.1, -0.05) is 17.7 Å². The Balaban J connectivity index is 2.50. The first kappa shape index (κ1) is 12.5. The Kier molecular flexibility index (Phi) is 3.79. The minimum Gasteiger partial charge on any atom is -0.249 e. The summed E-state index contributed by atoms with van der Waals surface area (Å²) in [5.74, 6) is -0.328. The standard InChI is InChI=1S/C13H9BrClFN/c1-2-10-11(15)5-9(6-12(10)16)8-3-4-13(14)17-7-8/h3-7H,1-2H2. The number of nitrogens with zero attached hydrogens (tertiary/aromatic N) is 1. The Bertz CT molecular complexity index is 517. The maximum atomic E-state index is 13.7. The highest BCUT2D eigenvalue weighted by molar-refractivity contribution is 9.10. The van der Waals surface area contributed by atoms with Gasteiger partial charge in [-0.2, -0.15) is 0 Å². The third-order valence-corrected chi connectivity index (χ3v) is 3.26. The summed E-state index contributed by atoms with van der Waals surface area (Å²) in [7, 11) is 0. The monoisotopic (exact) mass is 312 g/mol. The predicted octanol–water partition coefficient (Wildman–Crippen LogP) is 4.68. The molecule has 0 aliphatic heterocycles. The number of rotatable bonds is 2. The first-order valence-electron chi connectivity index (χ1n) is 5.01. The highest BCUT2D eigenvalue weighted by Gasteiger charge is 2.09. The zero-order chi connectivity index (χ0) is 12.4. The Labute approximate surface area is 113 Å². The molecule has 0 saturated carbocycles. The molecule has 0 unspecified atom stereocenters. The largest absolute Gasteiger partial charge is 0.249 e. The second-order valence-corrected chi connectivity index (χ2v) is 4.76. The van der Waals surface area contributed by atoms with Gasteiger partial charge in [0.15, 0.2) is 0 Å². The lowest BCUT2D eigenvalue weighted by molar-refractivity contribution is 0.615. The summed E-state index contributed by atoms with van der Waals surface area (Å²) in [6.07, 6.45) is 2.00. The zero-order valence-electron chi connectivity index (χ0n) is 8.88. The van der Waals surface area contributed by atoms with Gasteiger partial charge in [0, 0.05) is 22.3 Å². The van der Waals surface area contributed by atoms with Crippen LogP contribution in [0.25, 0.3) is 11.1 Å². The number of hydrogen-bond donors (Lipinski definition) is 0. The molecule has 0 atom stereocenters. The molecular formula is C13H9BrClFN. The molecule has 0 aliphatic rings. The van der Waals surface area contributed by atoms with Gasteiger partial charge in [0.25, 0.3) is 0 Å². The minimum absolute atomic E-state index is 0.328. The molecule has 0 saturated heterocycles. The quantitative estimate of drug-likeness (QED) is 0.734. The average molecular weight is 314 g/mol. The lowest BCUT2D eigenvalue weighted by Gasteiger charge is -2.07. The van der Waals surface area contributed by atoms with Gasteiger partial charge in [-0.15, -0.1) is 0 Å². The fourth-order valence-electron chi connectivity index (χ4n) is 1.56. The molecule has 2 aromatic rings. The van der Waals surface area contributed by atoms with E-state index in [9.17, 15) is 4.39 Å². The van der Waals surface area contributed by atoms with Crippen LogP contribution in [0.2, 0.25) is 5.02 Å². The first-order valence-corrected chi connectivity index (χ1v) is 6.18. The summed E-state index contributed by atoms with van der Waals surface area (Å²) in [6, 6.07) is 6.84. The maximum absolute atomic E-state index is 13.7. The molecule has 4 heteroatoms. The molecule has 0 fully saturated rings. The first-order chi connectivity index (χ1) is 8.11. The number of benzene rings is 1. The highest BCUT2D eigenvalue weighted by atomic mass is 79.9. The third-order valence-electron chi connectivity index (χ3n) is 2.45. The van der Waals surface area contributed by atoms with E-state index in [1.54, 1.807) is 18.3 Å². The number of halogens is 3. The van der Waals surface area contributed by atoms with Crippen LogP contribution in [-0.4, -0.2) is 4.98 Å². The molecule has 1 aromatic heterocycles. The summed E-state index contributed by atoms with van der Waals surface area (Å²) < 4.78 is 14.5. The normalized spacial score (nSPS) is 10.6. The van der Waals surface area contributed by atoms with Gasteiger partial charge in [0.1, 0.15) is 10.4 Å². The van der Waals surface area contributed by atoms with Gasteiger partial charge in [-0.05, 0) is 53.0 Å². The lowest BCUT2D eigenvalue weighted by Crippen LogP contribution is -1.91. The van der Waals surface area contributed by atoms with Gasteiger partial charge in [0.2, 0.25) is 0 Å². The third kappa shape index (κ3) is 2.67. The van der Waals surface area contributed by atoms with Crippen LogP contribution in [0.5, 0.6) is 0 Å². The van der Waals surface area contributed by atoms with Crippen molar-refractivity contribution in [2.45, 2.75) is 6.42 Å². The van der Waals surface area contributed by atoms with Crippen molar-refractivity contribution in [1.29, 1.82) is 0 Å². The van der Waals surface area contributed by atoms with Crippen LogP contribution in [-0.2, 0) is 6.42 Å². The van der Waals surface area contributed by atoms with Crippen molar-refractivity contribution >= 4 is 27.5 Å². The van der Waals surface area contributed by atoms with Crippen LogP contribution in [0.4, 0.5) is 4.39 Å². The maximum Gasteiger partial charge on any atom is 0.128 e. The molecule has 1 nitrogen and oxygen atoms in total. The molecule has 2 rings (SSSR count). The predicted molar refractivity (Wildman–Crippen MR) is 71.4 cm³/mol. The summed E-state index contributed by atoms with van der Waals surface area (Å²) in [6.45, 7) is 3.65. The smallest absolute Gasteiger partial charge is 0.128 e. The second kappa shape index (κ2) is 5.15. The molecule has 0 N–H and O–H groups in total. The molecule has 87 valence electrons. The molecule has 0 aliphatic carbocycles. The van der Waals surface area contributed by atoms with Crippen LogP contribution >= 0.6 is 27.5 Å². The van der Waals surface area contributed by atoms with E-state index >= 15 is 0 Å². The minimum atomic E-state index is -0.328. The summed E-state index contributed by atoms with van der Waals surface area (Å²) in [5.41, 5.74) is 1.98. The lowest BCUT2D eigenvalue weighted by atomic mass is 10.0. The number of pyridine rings is 1. The van der Waals surface area contributed by atoms with Crippen molar-refractivity contribution in [1.82, 2.24) is 4.98 Å². The number of hydrogen-bond acceptors (Lipinski definition) is 1. The van der Waals surface area contributed by atoms with Crippen molar-refractivity contribution < 1.29 is 4.39 Å². The van der Waals surface area contributed by atoms with Crippen LogP contribution < -0.4 is 0 Å². The van der Waals surface area contributed by atoms with Gasteiger partial charge < -0.3 is 0 Å². The van der Waals surface area contributed by atoms with Crippen molar-refractivity contribution in [2.75, 3.05) is 0 Å². The van der Waals surface area contributed by atoms with Crippen molar-refractivity contribution in [3.63, 3.8) is 0 Å². The summed E-state index contributed by atoms with van der Waals surface area (Å²) >= 11 is 9.26. The highest BCUT2D eigenvalue weighted by Crippen LogP contribution is 2.28. The topological polar surface area (TPSA) is 12.9 Å². The molecule has 0 bridgehead atoms. The molecule has 0 spiro atoms. The van der Waals surface area contributed by atoms with Crippen molar-refractivity contribution in [3.8, 4) is 11.1 Å². The average Bonchev–Trinajstić information content (AvgIpc) is 2.29. The van der Waals surface area contributed by atoms with Crippen molar-refractivity contribution in [3.05, 3.63) is 58.4 Å². The Morgan fingerprint density at radius 3 is 2.59 bits per heavy atom. The fourth-order valence-corrected chi connectivity index (χ4v) is 2.09. The van der Waals surface area contributed by atoms with Crippen molar-refractivity contribution in [2.24, 2.45) is 0 Å². The van der Waals surface area contributed by atoms with E-state index in [1.165, 1.54) is 6.07 Å². The van der Waals surface area contributed by atoms with Crippen LogP contribution in [0, 0.1) is 12.7 Å². The van der Waals surface area contributed by atoms with E-state index in [1.807, 2.05) is 6.07 Å². The number of aromatic nitrogens is 1. The second-order valence-electron chi connectivity index (χ2n) is 3.54. The Hall–Kier alpha value is -0.930. The van der Waals surface area contributed by atoms with E-state index in [4.69, 9.17) is 11.6 Å². The summed E-state index contributed by atoms with van der Waals surface area (Å²) in [4.78, 5) is 4.10. The van der Waals surface area contributed by atoms with Crippen LogP contribution in [0.1, 0.15) is 5.56 Å². The molecule has 1 aromatic carbocycles. The van der Waals surface area contributed by atoms with E-state index in [-0.39, 0.29) is 5.82 Å². The molecule has 1 radical (unpaired) electrons.